The lowest BCUT2D eigenvalue weighted by atomic mass is 10.0. The fourth-order valence-corrected chi connectivity index (χ4v) is 2.98. The first kappa shape index (κ1) is 18.9. The summed E-state index contributed by atoms with van der Waals surface area (Å²) in [6.07, 6.45) is 5.95. The van der Waals surface area contributed by atoms with Gasteiger partial charge in [-0.05, 0) is 23.4 Å². The molecule has 1 heterocycles. The Morgan fingerprint density at radius 1 is 1.00 bits per heavy atom. The van der Waals surface area contributed by atoms with E-state index in [1.807, 2.05) is 53.4 Å². The van der Waals surface area contributed by atoms with Crippen molar-refractivity contribution in [1.82, 2.24) is 5.32 Å². The first-order chi connectivity index (χ1) is 11.8. The number of amides is 1. The Hall–Kier alpha value is -2.39. The number of fused-ring (bicyclic) bond motifs is 1. The van der Waals surface area contributed by atoms with E-state index in [2.05, 4.69) is 36.5 Å². The van der Waals surface area contributed by atoms with Crippen LogP contribution in [0, 0.1) is 0 Å². The summed E-state index contributed by atoms with van der Waals surface area (Å²) in [6, 6.07) is 20.5. The maximum Gasteiger partial charge on any atom is 0.286 e. The minimum Gasteiger partial charge on any atom is -1.00 e. The van der Waals surface area contributed by atoms with Gasteiger partial charge >= 0.3 is 0 Å². The van der Waals surface area contributed by atoms with Gasteiger partial charge in [0.2, 0.25) is 6.54 Å². The molecule has 0 fully saturated rings. The number of benzene rings is 2. The molecule has 0 spiro atoms. The molecule has 1 atom stereocenters. The van der Waals surface area contributed by atoms with Crippen molar-refractivity contribution in [1.29, 1.82) is 0 Å². The van der Waals surface area contributed by atoms with Gasteiger partial charge in [-0.3, -0.25) is 4.79 Å². The van der Waals surface area contributed by atoms with Gasteiger partial charge in [-0.1, -0.05) is 61.9 Å². The molecule has 0 aliphatic carbocycles. The van der Waals surface area contributed by atoms with Gasteiger partial charge < -0.3 is 17.7 Å². The standard InChI is InChI=1S/C21H22N2O.ClH/c1-2-8-20(18-10-4-3-5-11-18)22-21(24)16-23-14-13-17-9-6-7-12-19(17)15-23;/h3-7,9-15,20H,2,8,16H2,1H3;1H. The monoisotopic (exact) mass is 354 g/mol. The Morgan fingerprint density at radius 3 is 2.40 bits per heavy atom. The zero-order valence-corrected chi connectivity index (χ0v) is 15.1. The summed E-state index contributed by atoms with van der Waals surface area (Å²) in [7, 11) is 0. The second kappa shape index (κ2) is 9.19. The number of hydrogen-bond acceptors (Lipinski definition) is 1. The molecular formula is C21H23ClN2O. The lowest BCUT2D eigenvalue weighted by Gasteiger charge is -2.17. The average Bonchev–Trinajstić information content (AvgIpc) is 2.62. The lowest BCUT2D eigenvalue weighted by molar-refractivity contribution is -0.683. The number of aromatic nitrogens is 1. The van der Waals surface area contributed by atoms with Gasteiger partial charge in [-0.15, -0.1) is 0 Å². The molecule has 1 N–H and O–H groups in total. The molecule has 4 heteroatoms. The highest BCUT2D eigenvalue weighted by molar-refractivity contribution is 5.80. The van der Waals surface area contributed by atoms with Crippen molar-refractivity contribution in [3.05, 3.63) is 78.6 Å². The van der Waals surface area contributed by atoms with Crippen LogP contribution in [0.25, 0.3) is 10.8 Å². The van der Waals surface area contributed by atoms with Gasteiger partial charge in [-0.2, -0.15) is 4.57 Å². The van der Waals surface area contributed by atoms with Crippen LogP contribution in [0.4, 0.5) is 0 Å². The summed E-state index contributed by atoms with van der Waals surface area (Å²) in [5.74, 6) is 0.0394. The highest BCUT2D eigenvalue weighted by Gasteiger charge is 2.16. The second-order valence-electron chi connectivity index (χ2n) is 6.07. The third kappa shape index (κ3) is 5.04. The van der Waals surface area contributed by atoms with E-state index in [4.69, 9.17) is 0 Å². The molecule has 3 rings (SSSR count). The van der Waals surface area contributed by atoms with Crippen molar-refractivity contribution in [3.8, 4) is 0 Å². The largest absolute Gasteiger partial charge is 1.00 e. The third-order valence-corrected chi connectivity index (χ3v) is 4.19. The average molecular weight is 355 g/mol. The van der Waals surface area contributed by atoms with Crippen LogP contribution in [-0.4, -0.2) is 5.91 Å². The van der Waals surface area contributed by atoms with E-state index in [9.17, 15) is 4.79 Å². The smallest absolute Gasteiger partial charge is 0.286 e. The number of nitrogens with zero attached hydrogens (tertiary/aromatic N) is 1. The van der Waals surface area contributed by atoms with Crippen LogP contribution in [0.5, 0.6) is 0 Å². The summed E-state index contributed by atoms with van der Waals surface area (Å²) in [4.78, 5) is 12.5. The van der Waals surface area contributed by atoms with E-state index >= 15 is 0 Å². The predicted octanol–water partition coefficient (Wildman–Crippen LogP) is 0.789. The van der Waals surface area contributed by atoms with Crippen LogP contribution in [0.3, 0.4) is 0 Å². The molecule has 1 aromatic heterocycles. The zero-order valence-electron chi connectivity index (χ0n) is 14.4. The van der Waals surface area contributed by atoms with E-state index in [1.165, 1.54) is 5.39 Å². The second-order valence-corrected chi connectivity index (χ2v) is 6.07. The molecule has 2 aromatic carbocycles. The van der Waals surface area contributed by atoms with E-state index in [1.54, 1.807) is 0 Å². The Labute approximate surface area is 155 Å². The summed E-state index contributed by atoms with van der Waals surface area (Å²) < 4.78 is 1.94. The maximum atomic E-state index is 12.5. The van der Waals surface area contributed by atoms with E-state index in [0.29, 0.717) is 6.54 Å². The zero-order chi connectivity index (χ0) is 16.8. The topological polar surface area (TPSA) is 33.0 Å². The van der Waals surface area contributed by atoms with Crippen molar-refractivity contribution in [2.45, 2.75) is 32.4 Å². The van der Waals surface area contributed by atoms with Crippen LogP contribution < -0.4 is 22.3 Å². The van der Waals surface area contributed by atoms with Gasteiger partial charge in [0.15, 0.2) is 12.4 Å². The normalized spacial score (nSPS) is 11.6. The highest BCUT2D eigenvalue weighted by atomic mass is 35.5. The molecule has 130 valence electrons. The molecule has 3 nitrogen and oxygen atoms in total. The number of nitrogens with one attached hydrogen (secondary N) is 1. The van der Waals surface area contributed by atoms with Crippen molar-refractivity contribution >= 4 is 16.7 Å². The Kier molecular flexibility index (Phi) is 6.96. The van der Waals surface area contributed by atoms with Crippen molar-refractivity contribution < 1.29 is 21.8 Å². The Bertz CT molecular complexity index is 820. The third-order valence-electron chi connectivity index (χ3n) is 4.19. The molecule has 1 amide bonds. The van der Waals surface area contributed by atoms with Crippen LogP contribution in [0.1, 0.15) is 31.4 Å². The van der Waals surface area contributed by atoms with E-state index in [0.717, 1.165) is 23.8 Å². The molecule has 0 aliphatic rings. The molecule has 0 saturated carbocycles. The Balaban J connectivity index is 0.00000225. The predicted molar refractivity (Wildman–Crippen MR) is 96.4 cm³/mol. The Morgan fingerprint density at radius 2 is 1.68 bits per heavy atom. The van der Waals surface area contributed by atoms with Crippen LogP contribution in [0.2, 0.25) is 0 Å². The van der Waals surface area contributed by atoms with Crippen LogP contribution >= 0.6 is 0 Å². The minimum atomic E-state index is 0. The van der Waals surface area contributed by atoms with E-state index < -0.39 is 0 Å². The number of hydrogen-bond donors (Lipinski definition) is 1. The molecule has 0 radical (unpaired) electrons. The minimum absolute atomic E-state index is 0. The van der Waals surface area contributed by atoms with E-state index in [-0.39, 0.29) is 24.4 Å². The summed E-state index contributed by atoms with van der Waals surface area (Å²) in [5.41, 5.74) is 1.16. The van der Waals surface area contributed by atoms with Crippen molar-refractivity contribution in [2.75, 3.05) is 0 Å². The number of halogens is 1. The van der Waals surface area contributed by atoms with Crippen molar-refractivity contribution in [2.24, 2.45) is 0 Å². The number of rotatable bonds is 6. The van der Waals surface area contributed by atoms with Gasteiger partial charge in [0, 0.05) is 11.5 Å². The molecule has 3 aromatic rings. The van der Waals surface area contributed by atoms with Crippen LogP contribution in [-0.2, 0) is 11.3 Å². The van der Waals surface area contributed by atoms with Gasteiger partial charge in [0.25, 0.3) is 5.91 Å². The van der Waals surface area contributed by atoms with Crippen LogP contribution in [0.15, 0.2) is 73.1 Å². The fourth-order valence-electron chi connectivity index (χ4n) is 2.98. The number of pyridine rings is 1. The summed E-state index contributed by atoms with van der Waals surface area (Å²) in [6.45, 7) is 2.47. The summed E-state index contributed by atoms with van der Waals surface area (Å²) >= 11 is 0. The fraction of sp³-hybridized carbons (Fsp3) is 0.238. The summed E-state index contributed by atoms with van der Waals surface area (Å²) in [5, 5.41) is 5.49. The number of carbonyl (C=O) groups is 1. The lowest BCUT2D eigenvalue weighted by Crippen LogP contribution is -3.00. The van der Waals surface area contributed by atoms with Gasteiger partial charge in [0.05, 0.1) is 6.04 Å². The number of carbonyl (C=O) groups excluding carboxylic acids is 1. The molecule has 1 unspecified atom stereocenters. The van der Waals surface area contributed by atoms with Gasteiger partial charge in [-0.25, -0.2) is 0 Å². The molecule has 0 saturated heterocycles. The highest BCUT2D eigenvalue weighted by Crippen LogP contribution is 2.18. The quantitative estimate of drug-likeness (QED) is 0.652. The maximum absolute atomic E-state index is 12.5. The van der Waals surface area contributed by atoms with Gasteiger partial charge in [0.1, 0.15) is 0 Å². The van der Waals surface area contributed by atoms with Crippen molar-refractivity contribution in [3.63, 3.8) is 0 Å². The first-order valence-electron chi connectivity index (χ1n) is 8.48. The first-order valence-corrected chi connectivity index (χ1v) is 8.48. The molecule has 0 bridgehead atoms. The molecule has 0 aliphatic heterocycles. The SMILES string of the molecule is CCCC(NC(=O)C[n+]1ccc2ccccc2c1)c1ccccc1.[Cl-]. The molecule has 25 heavy (non-hydrogen) atoms. The molecular weight excluding hydrogens is 332 g/mol.